The lowest BCUT2D eigenvalue weighted by Crippen LogP contribution is -2.50. The molecule has 0 spiro atoms. The van der Waals surface area contributed by atoms with Gasteiger partial charge in [-0.1, -0.05) is 19.1 Å². The molecule has 3 heteroatoms. The van der Waals surface area contributed by atoms with Gasteiger partial charge >= 0.3 is 0 Å². The van der Waals surface area contributed by atoms with Crippen LogP contribution in [0.1, 0.15) is 36.8 Å². The molecule has 1 aromatic carbocycles. The summed E-state index contributed by atoms with van der Waals surface area (Å²) in [7, 11) is 2.20. The van der Waals surface area contributed by atoms with E-state index in [1.807, 2.05) is 11.8 Å². The zero-order valence-electron chi connectivity index (χ0n) is 14.6. The van der Waals surface area contributed by atoms with Crippen molar-refractivity contribution in [2.45, 2.75) is 38.1 Å². The summed E-state index contributed by atoms with van der Waals surface area (Å²) in [5.74, 6) is 2.88. The number of likely N-dealkylation sites (tertiary alicyclic amines) is 1. The molecular weight excluding hydrogens is 300 g/mol. The second-order valence-electron chi connectivity index (χ2n) is 7.44. The second kappa shape index (κ2) is 6.18. The van der Waals surface area contributed by atoms with Crippen molar-refractivity contribution in [1.82, 2.24) is 9.47 Å². The molecule has 2 nitrogen and oxygen atoms in total. The first-order valence-electron chi connectivity index (χ1n) is 9.02. The Balaban J connectivity index is 1.78. The first-order chi connectivity index (χ1) is 11.2. The third kappa shape index (κ3) is 2.53. The molecule has 1 aliphatic heterocycles. The van der Waals surface area contributed by atoms with Gasteiger partial charge in [0.15, 0.2) is 0 Å². The van der Waals surface area contributed by atoms with Crippen LogP contribution in [0.2, 0.25) is 0 Å². The smallest absolute Gasteiger partial charge is 0.0483 e. The van der Waals surface area contributed by atoms with Crippen LogP contribution in [-0.4, -0.2) is 40.6 Å². The van der Waals surface area contributed by atoms with Gasteiger partial charge in [-0.2, -0.15) is 11.8 Å². The van der Waals surface area contributed by atoms with Crippen molar-refractivity contribution in [3.63, 3.8) is 0 Å². The average molecular weight is 329 g/mol. The zero-order chi connectivity index (χ0) is 16.0. The molecule has 0 N–H and O–H groups in total. The quantitative estimate of drug-likeness (QED) is 0.827. The molecule has 124 valence electrons. The number of nitrogens with zero attached hydrogens (tertiary/aromatic N) is 2. The SMILES string of the molecule is CCCN1CC(CSC)C[C@@H]2c3cccc4c3c(cn4C)C[C@H]21. The number of thioether (sulfide) groups is 1. The first kappa shape index (κ1) is 15.6. The normalized spacial score (nSPS) is 27.3. The fourth-order valence-corrected chi connectivity index (χ4v) is 5.79. The molecule has 2 heterocycles. The Morgan fingerprint density at radius 3 is 2.96 bits per heavy atom. The molecule has 2 aromatic rings. The van der Waals surface area contributed by atoms with Crippen molar-refractivity contribution in [3.8, 4) is 0 Å². The second-order valence-corrected chi connectivity index (χ2v) is 8.35. The van der Waals surface area contributed by atoms with E-state index in [1.54, 1.807) is 16.5 Å². The Hall–Kier alpha value is -0.930. The zero-order valence-corrected chi connectivity index (χ0v) is 15.4. The molecule has 1 fully saturated rings. The van der Waals surface area contributed by atoms with E-state index < -0.39 is 0 Å². The first-order valence-corrected chi connectivity index (χ1v) is 10.4. The Labute approximate surface area is 144 Å². The van der Waals surface area contributed by atoms with E-state index in [-0.39, 0.29) is 0 Å². The number of benzene rings is 1. The summed E-state index contributed by atoms with van der Waals surface area (Å²) >= 11 is 2.02. The van der Waals surface area contributed by atoms with Crippen LogP contribution in [0.25, 0.3) is 10.9 Å². The third-order valence-electron chi connectivity index (χ3n) is 5.88. The lowest BCUT2D eigenvalue weighted by molar-refractivity contribution is 0.0926. The molecule has 0 radical (unpaired) electrons. The molecule has 1 saturated heterocycles. The molecule has 23 heavy (non-hydrogen) atoms. The summed E-state index contributed by atoms with van der Waals surface area (Å²) in [4.78, 5) is 2.81. The Morgan fingerprint density at radius 1 is 1.30 bits per heavy atom. The minimum absolute atomic E-state index is 0.716. The highest BCUT2D eigenvalue weighted by molar-refractivity contribution is 7.98. The third-order valence-corrected chi connectivity index (χ3v) is 6.69. The number of rotatable bonds is 4. The number of piperidine rings is 1. The minimum atomic E-state index is 0.716. The van der Waals surface area contributed by atoms with E-state index in [4.69, 9.17) is 0 Å². The number of hydrogen-bond donors (Lipinski definition) is 0. The van der Waals surface area contributed by atoms with Crippen molar-refractivity contribution < 1.29 is 0 Å². The number of aromatic nitrogens is 1. The van der Waals surface area contributed by atoms with Crippen LogP contribution in [0.3, 0.4) is 0 Å². The summed E-state index contributed by atoms with van der Waals surface area (Å²) in [5, 5.41) is 1.57. The maximum Gasteiger partial charge on any atom is 0.0483 e. The van der Waals surface area contributed by atoms with Crippen molar-refractivity contribution in [1.29, 1.82) is 0 Å². The molecule has 0 saturated carbocycles. The lowest BCUT2D eigenvalue weighted by atomic mass is 9.72. The summed E-state index contributed by atoms with van der Waals surface area (Å²) in [6.45, 7) is 4.88. The van der Waals surface area contributed by atoms with Gasteiger partial charge in [-0.15, -0.1) is 0 Å². The number of fused-ring (bicyclic) bond motifs is 2. The van der Waals surface area contributed by atoms with Gasteiger partial charge in [-0.25, -0.2) is 0 Å². The van der Waals surface area contributed by atoms with Gasteiger partial charge in [-0.3, -0.25) is 4.90 Å². The molecule has 3 atom stereocenters. The van der Waals surface area contributed by atoms with Crippen molar-refractivity contribution >= 4 is 22.7 Å². The van der Waals surface area contributed by atoms with Crippen molar-refractivity contribution in [3.05, 3.63) is 35.5 Å². The highest BCUT2D eigenvalue weighted by atomic mass is 32.2. The summed E-state index contributed by atoms with van der Waals surface area (Å²) < 4.78 is 2.33. The molecule has 0 bridgehead atoms. The van der Waals surface area contributed by atoms with Crippen LogP contribution in [0, 0.1) is 5.92 Å². The Kier molecular flexibility index (Phi) is 4.19. The van der Waals surface area contributed by atoms with E-state index in [2.05, 4.69) is 54.1 Å². The monoisotopic (exact) mass is 328 g/mol. The van der Waals surface area contributed by atoms with Crippen LogP contribution in [-0.2, 0) is 13.5 Å². The van der Waals surface area contributed by atoms with Crippen LogP contribution < -0.4 is 0 Å². The van der Waals surface area contributed by atoms with E-state index >= 15 is 0 Å². The van der Waals surface area contributed by atoms with Crippen LogP contribution in [0.5, 0.6) is 0 Å². The van der Waals surface area contributed by atoms with Crippen molar-refractivity contribution in [2.24, 2.45) is 13.0 Å². The van der Waals surface area contributed by atoms with E-state index in [1.165, 1.54) is 43.6 Å². The predicted molar refractivity (Wildman–Crippen MR) is 102 cm³/mol. The highest BCUT2D eigenvalue weighted by Gasteiger charge is 2.40. The van der Waals surface area contributed by atoms with Crippen LogP contribution in [0.4, 0.5) is 0 Å². The predicted octanol–water partition coefficient (Wildman–Crippen LogP) is 4.28. The Bertz CT molecular complexity index is 705. The number of aryl methyl sites for hydroxylation is 1. The number of hydrogen-bond acceptors (Lipinski definition) is 2. The maximum absolute atomic E-state index is 2.81. The van der Waals surface area contributed by atoms with Crippen LogP contribution in [0.15, 0.2) is 24.4 Å². The molecule has 0 amide bonds. The topological polar surface area (TPSA) is 8.17 Å². The van der Waals surface area contributed by atoms with Gasteiger partial charge < -0.3 is 4.57 Å². The maximum atomic E-state index is 2.81. The van der Waals surface area contributed by atoms with E-state index in [0.717, 1.165) is 11.8 Å². The van der Waals surface area contributed by atoms with Gasteiger partial charge in [0, 0.05) is 42.7 Å². The minimum Gasteiger partial charge on any atom is -0.350 e. The summed E-state index contributed by atoms with van der Waals surface area (Å²) in [6, 6.07) is 7.68. The fraction of sp³-hybridized carbons (Fsp3) is 0.600. The largest absolute Gasteiger partial charge is 0.350 e. The molecule has 4 rings (SSSR count). The molecule has 1 unspecified atom stereocenters. The van der Waals surface area contributed by atoms with Crippen molar-refractivity contribution in [2.75, 3.05) is 25.1 Å². The average Bonchev–Trinajstić information content (AvgIpc) is 2.87. The highest BCUT2D eigenvalue weighted by Crippen LogP contribution is 2.45. The van der Waals surface area contributed by atoms with Gasteiger partial charge in [0.2, 0.25) is 0 Å². The summed E-state index contributed by atoms with van der Waals surface area (Å²) in [5.41, 5.74) is 4.62. The lowest BCUT2D eigenvalue weighted by Gasteiger charge is -2.47. The van der Waals surface area contributed by atoms with Gasteiger partial charge in [0.25, 0.3) is 0 Å². The van der Waals surface area contributed by atoms with E-state index in [9.17, 15) is 0 Å². The van der Waals surface area contributed by atoms with Crippen LogP contribution >= 0.6 is 11.8 Å². The summed E-state index contributed by atoms with van der Waals surface area (Å²) in [6.07, 6.45) is 8.51. The molecule has 1 aliphatic carbocycles. The standard InChI is InChI=1S/C20H28N2S/c1-4-8-22-11-14(13-23-3)9-17-16-6-5-7-18-20(16)15(10-19(17)22)12-21(18)2/h5-7,12,14,17,19H,4,8-11,13H2,1-3H3/t14?,17-,19-/m1/s1. The van der Waals surface area contributed by atoms with Gasteiger partial charge in [0.05, 0.1) is 0 Å². The molecular formula is C20H28N2S. The Morgan fingerprint density at radius 2 is 2.17 bits per heavy atom. The van der Waals surface area contributed by atoms with E-state index in [0.29, 0.717) is 6.04 Å². The molecule has 1 aromatic heterocycles. The van der Waals surface area contributed by atoms with Gasteiger partial charge in [0.1, 0.15) is 0 Å². The van der Waals surface area contributed by atoms with Gasteiger partial charge in [-0.05, 0) is 60.9 Å². The fourth-order valence-electron chi connectivity index (χ4n) is 5.08. The molecule has 2 aliphatic rings.